The number of nitrogens with zero attached hydrogens (tertiary/aromatic N) is 2. The van der Waals surface area contributed by atoms with Gasteiger partial charge in [-0.15, -0.1) is 0 Å². The third-order valence-corrected chi connectivity index (χ3v) is 4.59. The fraction of sp³-hybridized carbons (Fsp3) is 1.00. The molecule has 0 radical (unpaired) electrons. The quantitative estimate of drug-likeness (QED) is 0.561. The summed E-state index contributed by atoms with van der Waals surface area (Å²) in [5.41, 5.74) is 0. The second kappa shape index (κ2) is 8.86. The van der Waals surface area contributed by atoms with Crippen LogP contribution in [0.4, 0.5) is 0 Å². The van der Waals surface area contributed by atoms with E-state index in [1.54, 1.807) is 7.05 Å². The lowest BCUT2D eigenvalue weighted by Gasteiger charge is -2.23. The third kappa shape index (κ3) is 8.54. The Kier molecular flexibility index (Phi) is 8.76. The topological polar surface area (TPSA) is 64.7 Å². The zero-order chi connectivity index (χ0) is 15.1. The first-order chi connectivity index (χ1) is 8.66. The molecule has 0 aliphatic heterocycles. The minimum atomic E-state index is -3.36. The van der Waals surface area contributed by atoms with Gasteiger partial charge in [0.15, 0.2) is 0 Å². The van der Waals surface area contributed by atoms with E-state index in [1.807, 2.05) is 25.9 Å². The standard InChI is InChI=1S/C12H30N4O2S/c1-11(2)13-8-7-9-16(6)19(17,18)14-10-12(3)15(4)5/h11-14H,7-10H2,1-6H3. The highest BCUT2D eigenvalue weighted by atomic mass is 32.2. The zero-order valence-electron chi connectivity index (χ0n) is 13.1. The molecule has 0 bridgehead atoms. The number of hydrogen-bond donors (Lipinski definition) is 2. The van der Waals surface area contributed by atoms with E-state index in [0.717, 1.165) is 13.0 Å². The lowest BCUT2D eigenvalue weighted by Crippen LogP contribution is -2.44. The molecule has 116 valence electrons. The molecule has 0 fully saturated rings. The van der Waals surface area contributed by atoms with Gasteiger partial charge in [0.2, 0.25) is 0 Å². The summed E-state index contributed by atoms with van der Waals surface area (Å²) >= 11 is 0. The van der Waals surface area contributed by atoms with Crippen LogP contribution in [0.2, 0.25) is 0 Å². The van der Waals surface area contributed by atoms with Crippen molar-refractivity contribution in [3.8, 4) is 0 Å². The van der Waals surface area contributed by atoms with Gasteiger partial charge in [-0.1, -0.05) is 13.8 Å². The smallest absolute Gasteiger partial charge is 0.279 e. The fourth-order valence-electron chi connectivity index (χ4n) is 1.33. The summed E-state index contributed by atoms with van der Waals surface area (Å²) < 4.78 is 27.9. The highest BCUT2D eigenvalue weighted by Crippen LogP contribution is 1.97. The molecule has 0 aromatic carbocycles. The molecule has 1 atom stereocenters. The second-order valence-electron chi connectivity index (χ2n) is 5.45. The predicted octanol–water partition coefficient (Wildman–Crippen LogP) is 0.0908. The molecule has 0 spiro atoms. The molecule has 1 unspecified atom stereocenters. The van der Waals surface area contributed by atoms with Crippen LogP contribution in [0, 0.1) is 0 Å². The Morgan fingerprint density at radius 2 is 1.68 bits per heavy atom. The van der Waals surface area contributed by atoms with E-state index < -0.39 is 10.2 Å². The Hall–Kier alpha value is -0.210. The molecular weight excluding hydrogens is 264 g/mol. The van der Waals surface area contributed by atoms with Crippen molar-refractivity contribution in [2.24, 2.45) is 0 Å². The van der Waals surface area contributed by atoms with E-state index in [0.29, 0.717) is 19.1 Å². The second-order valence-corrected chi connectivity index (χ2v) is 7.31. The summed E-state index contributed by atoms with van der Waals surface area (Å²) in [6, 6.07) is 0.603. The summed E-state index contributed by atoms with van der Waals surface area (Å²) in [4.78, 5) is 1.98. The van der Waals surface area contributed by atoms with Crippen LogP contribution >= 0.6 is 0 Å². The summed E-state index contributed by atoms with van der Waals surface area (Å²) in [6.07, 6.45) is 0.804. The Bertz CT molecular complexity index is 331. The maximum atomic E-state index is 12.0. The molecule has 0 heterocycles. The first kappa shape index (κ1) is 18.8. The zero-order valence-corrected chi connectivity index (χ0v) is 13.9. The normalized spacial score (nSPS) is 14.6. The van der Waals surface area contributed by atoms with E-state index >= 15 is 0 Å². The van der Waals surface area contributed by atoms with Crippen molar-refractivity contribution in [2.45, 2.75) is 39.3 Å². The number of likely N-dealkylation sites (N-methyl/N-ethyl adjacent to an activating group) is 1. The number of hydrogen-bond acceptors (Lipinski definition) is 4. The van der Waals surface area contributed by atoms with Crippen LogP contribution in [0.5, 0.6) is 0 Å². The first-order valence-corrected chi connectivity index (χ1v) is 8.21. The van der Waals surface area contributed by atoms with Crippen molar-refractivity contribution in [1.29, 1.82) is 0 Å². The van der Waals surface area contributed by atoms with Crippen molar-refractivity contribution in [3.05, 3.63) is 0 Å². The van der Waals surface area contributed by atoms with E-state index in [9.17, 15) is 8.42 Å². The Balaban J connectivity index is 4.04. The maximum Gasteiger partial charge on any atom is 0.279 e. The monoisotopic (exact) mass is 294 g/mol. The van der Waals surface area contributed by atoms with Gasteiger partial charge in [-0.2, -0.15) is 12.7 Å². The highest BCUT2D eigenvalue weighted by Gasteiger charge is 2.18. The SMILES string of the molecule is CC(C)NCCCN(C)S(=O)(=O)NCC(C)N(C)C. The average molecular weight is 294 g/mol. The van der Waals surface area contributed by atoms with Gasteiger partial charge in [0.1, 0.15) is 0 Å². The van der Waals surface area contributed by atoms with E-state index in [-0.39, 0.29) is 6.04 Å². The summed E-state index contributed by atoms with van der Waals surface area (Å²) in [5, 5.41) is 3.27. The molecule has 0 aromatic heterocycles. The van der Waals surface area contributed by atoms with Gasteiger partial charge in [-0.25, -0.2) is 4.72 Å². The van der Waals surface area contributed by atoms with Gasteiger partial charge in [0.05, 0.1) is 0 Å². The van der Waals surface area contributed by atoms with E-state index in [1.165, 1.54) is 4.31 Å². The molecule has 6 nitrogen and oxygen atoms in total. The van der Waals surface area contributed by atoms with Gasteiger partial charge < -0.3 is 10.2 Å². The molecule has 0 aromatic rings. The predicted molar refractivity (Wildman–Crippen MR) is 80.5 cm³/mol. The van der Waals surface area contributed by atoms with Crippen molar-refractivity contribution in [3.63, 3.8) is 0 Å². The van der Waals surface area contributed by atoms with Gasteiger partial charge in [0.25, 0.3) is 10.2 Å². The summed E-state index contributed by atoms with van der Waals surface area (Å²) in [5.74, 6) is 0. The number of nitrogens with one attached hydrogen (secondary N) is 2. The van der Waals surface area contributed by atoms with Gasteiger partial charge in [0, 0.05) is 32.2 Å². The molecule has 19 heavy (non-hydrogen) atoms. The third-order valence-electron chi connectivity index (χ3n) is 3.06. The molecular formula is C12H30N4O2S. The molecule has 0 saturated carbocycles. The first-order valence-electron chi connectivity index (χ1n) is 6.77. The van der Waals surface area contributed by atoms with Crippen molar-refractivity contribution < 1.29 is 8.42 Å². The Morgan fingerprint density at radius 3 is 2.16 bits per heavy atom. The molecule has 7 heteroatoms. The minimum absolute atomic E-state index is 0.172. The van der Waals surface area contributed by atoms with Gasteiger partial charge in [-0.3, -0.25) is 0 Å². The molecule has 0 saturated heterocycles. The largest absolute Gasteiger partial charge is 0.314 e. The highest BCUT2D eigenvalue weighted by molar-refractivity contribution is 7.87. The lowest BCUT2D eigenvalue weighted by molar-refractivity contribution is 0.311. The van der Waals surface area contributed by atoms with Crippen LogP contribution in [-0.2, 0) is 10.2 Å². The summed E-state index contributed by atoms with van der Waals surface area (Å²) in [6.45, 7) is 7.89. The Morgan fingerprint density at radius 1 is 1.11 bits per heavy atom. The molecule has 0 aliphatic carbocycles. The van der Waals surface area contributed by atoms with Crippen LogP contribution in [0.15, 0.2) is 0 Å². The molecule has 0 amide bonds. The lowest BCUT2D eigenvalue weighted by atomic mass is 10.3. The van der Waals surface area contributed by atoms with Crippen LogP contribution in [0.3, 0.4) is 0 Å². The molecule has 0 rings (SSSR count). The fourth-order valence-corrected chi connectivity index (χ4v) is 2.37. The van der Waals surface area contributed by atoms with Gasteiger partial charge >= 0.3 is 0 Å². The van der Waals surface area contributed by atoms with Crippen LogP contribution in [-0.4, -0.2) is 70.5 Å². The maximum absolute atomic E-state index is 12.0. The van der Waals surface area contributed by atoms with Crippen LogP contribution < -0.4 is 10.0 Å². The average Bonchev–Trinajstić information content (AvgIpc) is 2.30. The minimum Gasteiger partial charge on any atom is -0.314 e. The number of rotatable bonds is 10. The molecule has 2 N–H and O–H groups in total. The van der Waals surface area contributed by atoms with Crippen LogP contribution in [0.25, 0.3) is 0 Å². The molecule has 0 aliphatic rings. The summed E-state index contributed by atoms with van der Waals surface area (Å²) in [7, 11) is 2.11. The Labute approximate surface area is 118 Å². The van der Waals surface area contributed by atoms with E-state index in [4.69, 9.17) is 0 Å². The van der Waals surface area contributed by atoms with E-state index in [2.05, 4.69) is 23.9 Å². The van der Waals surface area contributed by atoms with Gasteiger partial charge in [-0.05, 0) is 34.0 Å². The van der Waals surface area contributed by atoms with Crippen molar-refractivity contribution >= 4 is 10.2 Å². The van der Waals surface area contributed by atoms with Crippen molar-refractivity contribution in [2.75, 3.05) is 40.8 Å². The van der Waals surface area contributed by atoms with Crippen molar-refractivity contribution in [1.82, 2.24) is 19.2 Å². The van der Waals surface area contributed by atoms with Crippen LogP contribution in [0.1, 0.15) is 27.2 Å².